The van der Waals surface area contributed by atoms with Gasteiger partial charge in [0.15, 0.2) is 0 Å². The van der Waals surface area contributed by atoms with Gasteiger partial charge in [-0.3, -0.25) is 4.79 Å². The Morgan fingerprint density at radius 1 is 1.35 bits per heavy atom. The SMILES string of the molecule is CCc1noc(CC)c1CNC(=O)C1(N)CCCC1.Cl. The highest BCUT2D eigenvalue weighted by molar-refractivity contribution is 5.86. The van der Waals surface area contributed by atoms with Crippen LogP contribution in [0.25, 0.3) is 0 Å². The number of nitrogens with one attached hydrogen (secondary N) is 1. The van der Waals surface area contributed by atoms with E-state index in [-0.39, 0.29) is 18.3 Å². The van der Waals surface area contributed by atoms with E-state index < -0.39 is 5.54 Å². The first-order valence-corrected chi connectivity index (χ1v) is 7.14. The summed E-state index contributed by atoms with van der Waals surface area (Å²) in [5.74, 6) is 0.810. The molecule has 5 nitrogen and oxygen atoms in total. The second-order valence-electron chi connectivity index (χ2n) is 5.28. The van der Waals surface area contributed by atoms with E-state index in [1.807, 2.05) is 13.8 Å². The molecule has 0 aromatic carbocycles. The lowest BCUT2D eigenvalue weighted by atomic mass is 9.98. The van der Waals surface area contributed by atoms with Crippen LogP contribution in [-0.4, -0.2) is 16.6 Å². The molecule has 1 fully saturated rings. The van der Waals surface area contributed by atoms with Crippen molar-refractivity contribution < 1.29 is 9.32 Å². The molecule has 1 aromatic rings. The number of carbonyl (C=O) groups excluding carboxylic acids is 1. The van der Waals surface area contributed by atoms with Gasteiger partial charge in [-0.25, -0.2) is 0 Å². The van der Waals surface area contributed by atoms with Gasteiger partial charge in [0.1, 0.15) is 5.76 Å². The second kappa shape index (κ2) is 7.09. The molecular formula is C14H24ClN3O2. The molecule has 6 heteroatoms. The molecule has 0 radical (unpaired) electrons. The minimum absolute atomic E-state index is 0. The van der Waals surface area contributed by atoms with E-state index in [4.69, 9.17) is 10.3 Å². The summed E-state index contributed by atoms with van der Waals surface area (Å²) >= 11 is 0. The zero-order valence-electron chi connectivity index (χ0n) is 12.2. The van der Waals surface area contributed by atoms with Crippen molar-refractivity contribution in [2.75, 3.05) is 0 Å². The second-order valence-corrected chi connectivity index (χ2v) is 5.28. The van der Waals surface area contributed by atoms with Crippen molar-refractivity contribution in [3.63, 3.8) is 0 Å². The first-order chi connectivity index (χ1) is 9.10. The van der Waals surface area contributed by atoms with Crippen LogP contribution in [0.15, 0.2) is 4.52 Å². The predicted octanol–water partition coefficient (Wildman–Crippen LogP) is 2.11. The van der Waals surface area contributed by atoms with Gasteiger partial charge in [0.25, 0.3) is 0 Å². The molecular weight excluding hydrogens is 278 g/mol. The number of hydrogen-bond acceptors (Lipinski definition) is 4. The molecule has 1 aromatic heterocycles. The maximum absolute atomic E-state index is 12.2. The summed E-state index contributed by atoms with van der Waals surface area (Å²) < 4.78 is 5.29. The smallest absolute Gasteiger partial charge is 0.240 e. The zero-order chi connectivity index (χ0) is 13.9. The monoisotopic (exact) mass is 301 g/mol. The van der Waals surface area contributed by atoms with Gasteiger partial charge >= 0.3 is 0 Å². The van der Waals surface area contributed by atoms with E-state index in [0.717, 1.165) is 55.5 Å². The van der Waals surface area contributed by atoms with Crippen LogP contribution in [0, 0.1) is 0 Å². The predicted molar refractivity (Wildman–Crippen MR) is 79.7 cm³/mol. The third kappa shape index (κ3) is 3.33. The summed E-state index contributed by atoms with van der Waals surface area (Å²) in [5.41, 5.74) is 7.40. The Morgan fingerprint density at radius 3 is 2.55 bits per heavy atom. The third-order valence-corrected chi connectivity index (χ3v) is 3.98. The minimum Gasteiger partial charge on any atom is -0.361 e. The Kier molecular flexibility index (Phi) is 6.02. The number of aryl methyl sites for hydroxylation is 2. The van der Waals surface area contributed by atoms with Gasteiger partial charge in [-0.05, 0) is 19.3 Å². The fourth-order valence-corrected chi connectivity index (χ4v) is 2.72. The summed E-state index contributed by atoms with van der Waals surface area (Å²) in [5, 5.41) is 6.99. The molecule has 1 heterocycles. The summed E-state index contributed by atoms with van der Waals surface area (Å²) in [4.78, 5) is 12.2. The highest BCUT2D eigenvalue weighted by Gasteiger charge is 2.36. The van der Waals surface area contributed by atoms with Gasteiger partial charge in [-0.15, -0.1) is 12.4 Å². The number of nitrogens with zero attached hydrogens (tertiary/aromatic N) is 1. The lowest BCUT2D eigenvalue weighted by Crippen LogP contribution is -2.51. The number of amides is 1. The maximum Gasteiger partial charge on any atom is 0.240 e. The molecule has 20 heavy (non-hydrogen) atoms. The number of hydrogen-bond donors (Lipinski definition) is 2. The fraction of sp³-hybridized carbons (Fsp3) is 0.714. The van der Waals surface area contributed by atoms with Crippen LogP contribution >= 0.6 is 12.4 Å². The Morgan fingerprint density at radius 2 is 2.00 bits per heavy atom. The summed E-state index contributed by atoms with van der Waals surface area (Å²) in [7, 11) is 0. The van der Waals surface area contributed by atoms with Crippen molar-refractivity contribution >= 4 is 18.3 Å². The van der Waals surface area contributed by atoms with Gasteiger partial charge < -0.3 is 15.6 Å². The molecule has 1 aliphatic rings. The Bertz CT molecular complexity index is 432. The first kappa shape index (κ1) is 17.0. The van der Waals surface area contributed by atoms with E-state index in [9.17, 15) is 4.79 Å². The lowest BCUT2D eigenvalue weighted by Gasteiger charge is -2.22. The van der Waals surface area contributed by atoms with Crippen LogP contribution in [0.4, 0.5) is 0 Å². The average Bonchev–Trinajstić information content (AvgIpc) is 3.02. The molecule has 0 bridgehead atoms. The van der Waals surface area contributed by atoms with Crippen molar-refractivity contribution in [1.29, 1.82) is 0 Å². The van der Waals surface area contributed by atoms with Crippen molar-refractivity contribution in [2.45, 2.75) is 64.5 Å². The van der Waals surface area contributed by atoms with Crippen molar-refractivity contribution in [2.24, 2.45) is 5.73 Å². The molecule has 0 aliphatic heterocycles. The van der Waals surface area contributed by atoms with Gasteiger partial charge in [0.2, 0.25) is 5.91 Å². The van der Waals surface area contributed by atoms with Gasteiger partial charge in [-0.2, -0.15) is 0 Å². The summed E-state index contributed by atoms with van der Waals surface area (Å²) in [6.07, 6.45) is 5.23. The number of nitrogens with two attached hydrogens (primary N) is 1. The minimum atomic E-state index is -0.671. The fourth-order valence-electron chi connectivity index (χ4n) is 2.72. The maximum atomic E-state index is 12.2. The number of carbonyl (C=O) groups is 1. The quantitative estimate of drug-likeness (QED) is 0.873. The standard InChI is InChI=1S/C14H23N3O2.ClH/c1-3-11-10(12(4-2)19-17-11)9-16-13(18)14(15)7-5-6-8-14;/h3-9,15H2,1-2H3,(H,16,18);1H. The highest BCUT2D eigenvalue weighted by Crippen LogP contribution is 2.27. The molecule has 0 spiro atoms. The molecule has 3 N–H and O–H groups in total. The van der Waals surface area contributed by atoms with E-state index >= 15 is 0 Å². The van der Waals surface area contributed by atoms with E-state index in [1.54, 1.807) is 0 Å². The van der Waals surface area contributed by atoms with Crippen LogP contribution in [0.5, 0.6) is 0 Å². The first-order valence-electron chi connectivity index (χ1n) is 7.14. The zero-order valence-corrected chi connectivity index (χ0v) is 13.0. The van der Waals surface area contributed by atoms with E-state index in [2.05, 4.69) is 10.5 Å². The van der Waals surface area contributed by atoms with Gasteiger partial charge in [-0.1, -0.05) is 31.8 Å². The van der Waals surface area contributed by atoms with Crippen LogP contribution in [0.1, 0.15) is 56.5 Å². The van der Waals surface area contributed by atoms with Gasteiger partial charge in [0, 0.05) is 18.5 Å². The van der Waals surface area contributed by atoms with Crippen molar-refractivity contribution in [1.82, 2.24) is 10.5 Å². The molecule has 0 saturated heterocycles. The molecule has 114 valence electrons. The van der Waals surface area contributed by atoms with E-state index in [0.29, 0.717) is 6.54 Å². The highest BCUT2D eigenvalue weighted by atomic mass is 35.5. The number of aromatic nitrogens is 1. The Labute approximate surface area is 126 Å². The normalized spacial score (nSPS) is 16.8. The van der Waals surface area contributed by atoms with Crippen molar-refractivity contribution in [3.05, 3.63) is 17.0 Å². The van der Waals surface area contributed by atoms with E-state index in [1.165, 1.54) is 0 Å². The van der Waals surface area contributed by atoms with Crippen LogP contribution in [-0.2, 0) is 24.2 Å². The topological polar surface area (TPSA) is 81.2 Å². The summed E-state index contributed by atoms with van der Waals surface area (Å²) in [6, 6.07) is 0. The van der Waals surface area contributed by atoms with Crippen LogP contribution in [0.2, 0.25) is 0 Å². The molecule has 2 rings (SSSR count). The van der Waals surface area contributed by atoms with Crippen LogP contribution < -0.4 is 11.1 Å². The average molecular weight is 302 g/mol. The number of halogens is 1. The molecule has 0 atom stereocenters. The number of rotatable bonds is 5. The lowest BCUT2D eigenvalue weighted by molar-refractivity contribution is -0.126. The van der Waals surface area contributed by atoms with Crippen molar-refractivity contribution in [3.8, 4) is 0 Å². The van der Waals surface area contributed by atoms with Crippen LogP contribution in [0.3, 0.4) is 0 Å². The molecule has 1 saturated carbocycles. The van der Waals surface area contributed by atoms with Gasteiger partial charge in [0.05, 0.1) is 11.2 Å². The molecule has 1 aliphatic carbocycles. The molecule has 1 amide bonds. The largest absolute Gasteiger partial charge is 0.361 e. The molecule has 0 unspecified atom stereocenters. The Balaban J connectivity index is 0.00000200. The summed E-state index contributed by atoms with van der Waals surface area (Å²) in [6.45, 7) is 4.52. The Hall–Kier alpha value is -1.07. The third-order valence-electron chi connectivity index (χ3n) is 3.98.